The van der Waals surface area contributed by atoms with Gasteiger partial charge >= 0.3 is 29.6 Å². The van der Waals surface area contributed by atoms with E-state index in [1.165, 1.54) is 16.1 Å². The molecular formula is C23H24N3NaO2. The van der Waals surface area contributed by atoms with E-state index in [0.717, 1.165) is 5.56 Å². The molecule has 144 valence electrons. The van der Waals surface area contributed by atoms with Crippen molar-refractivity contribution in [2.45, 2.75) is 25.3 Å². The molecule has 0 spiro atoms. The van der Waals surface area contributed by atoms with Crippen molar-refractivity contribution in [3.63, 3.8) is 0 Å². The van der Waals surface area contributed by atoms with Gasteiger partial charge in [0.25, 0.3) is 0 Å². The molecule has 3 rings (SSSR count). The molecule has 0 saturated heterocycles. The molecule has 0 aliphatic carbocycles. The van der Waals surface area contributed by atoms with Crippen molar-refractivity contribution in [3.05, 3.63) is 118 Å². The zero-order valence-electron chi connectivity index (χ0n) is 16.9. The van der Waals surface area contributed by atoms with Gasteiger partial charge in [-0.05, 0) is 30.0 Å². The van der Waals surface area contributed by atoms with E-state index in [1.807, 2.05) is 73.7 Å². The van der Waals surface area contributed by atoms with Crippen molar-refractivity contribution in [2.75, 3.05) is 6.54 Å². The molecule has 6 heteroatoms. The third-order valence-corrected chi connectivity index (χ3v) is 5.07. The average Bonchev–Trinajstić information content (AvgIpc) is 2.78. The first-order valence-corrected chi connectivity index (χ1v) is 9.42. The molecule has 29 heavy (non-hydrogen) atoms. The van der Waals surface area contributed by atoms with Crippen LogP contribution in [-0.2, 0) is 0 Å². The van der Waals surface area contributed by atoms with Crippen LogP contribution in [0.2, 0.25) is 0 Å². The third kappa shape index (κ3) is 6.23. The van der Waals surface area contributed by atoms with Crippen LogP contribution in [0.5, 0.6) is 0 Å². The van der Waals surface area contributed by atoms with E-state index >= 15 is 0 Å². The van der Waals surface area contributed by atoms with Gasteiger partial charge in [0.05, 0.1) is 11.3 Å². The van der Waals surface area contributed by atoms with E-state index in [0.29, 0.717) is 13.0 Å². The Morgan fingerprint density at radius 1 is 0.793 bits per heavy atom. The molecule has 0 N–H and O–H groups in total. The van der Waals surface area contributed by atoms with Crippen molar-refractivity contribution >= 4 is 0 Å². The number of nitroso groups, excluding NO2 is 1. The number of hydrogen-bond donors (Lipinski definition) is 0. The molecule has 0 radical (unpaired) electrons. The normalized spacial score (nSPS) is 11.7. The van der Waals surface area contributed by atoms with Crippen LogP contribution < -0.4 is 29.6 Å². The van der Waals surface area contributed by atoms with Crippen LogP contribution in [0.4, 0.5) is 0 Å². The molecule has 0 amide bonds. The fourth-order valence-electron chi connectivity index (χ4n) is 3.54. The molecule has 3 aromatic rings. The van der Waals surface area contributed by atoms with Gasteiger partial charge in [0.15, 0.2) is 0 Å². The Hall–Kier alpha value is -2.02. The largest absolute Gasteiger partial charge is 1.00 e. The van der Waals surface area contributed by atoms with Crippen molar-refractivity contribution in [1.29, 1.82) is 0 Å². The van der Waals surface area contributed by atoms with Gasteiger partial charge in [-0.1, -0.05) is 91.0 Å². The first kappa shape index (κ1) is 23.3. The van der Waals surface area contributed by atoms with E-state index in [-0.39, 0.29) is 46.8 Å². The molecule has 0 bridgehead atoms. The standard InChI is InChI=1S/C23H24N3O2.Na/c1-19(20-11-5-2-6-12-20)25(26(28)24-27)18-17-23(21-13-7-3-8-14-21)22-15-9-4-10-16-22;/h2-16,19,23H,17-18H2,1H3;/q-1;+1. The molecule has 1 atom stereocenters. The summed E-state index contributed by atoms with van der Waals surface area (Å²) in [7, 11) is 0. The summed E-state index contributed by atoms with van der Waals surface area (Å²) in [6.45, 7) is 2.31. The zero-order valence-corrected chi connectivity index (χ0v) is 18.9. The van der Waals surface area contributed by atoms with Crippen molar-refractivity contribution in [3.8, 4) is 0 Å². The van der Waals surface area contributed by atoms with Gasteiger partial charge in [-0.3, -0.25) is 5.28 Å². The topological polar surface area (TPSA) is 59.0 Å². The minimum absolute atomic E-state index is 0. The fourth-order valence-corrected chi connectivity index (χ4v) is 3.54. The van der Waals surface area contributed by atoms with Gasteiger partial charge in [0.2, 0.25) is 0 Å². The molecule has 0 aliphatic heterocycles. The quantitative estimate of drug-likeness (QED) is 0.316. The summed E-state index contributed by atoms with van der Waals surface area (Å²) in [5, 5.41) is 16.4. The average molecular weight is 397 g/mol. The van der Waals surface area contributed by atoms with Gasteiger partial charge in [0, 0.05) is 12.5 Å². The van der Waals surface area contributed by atoms with Gasteiger partial charge < -0.3 is 5.21 Å². The Labute approximate surface area is 194 Å². The van der Waals surface area contributed by atoms with Crippen LogP contribution in [-0.4, -0.2) is 16.8 Å². The Balaban J connectivity index is 0.00000300. The van der Waals surface area contributed by atoms with Crippen LogP contribution in [0.3, 0.4) is 0 Å². The summed E-state index contributed by atoms with van der Waals surface area (Å²) >= 11 is 0. The number of rotatable bonds is 9. The summed E-state index contributed by atoms with van der Waals surface area (Å²) in [5.41, 5.74) is 3.32. The van der Waals surface area contributed by atoms with Gasteiger partial charge in [0.1, 0.15) is 0 Å². The predicted octanol–water partition coefficient (Wildman–Crippen LogP) is 2.67. The summed E-state index contributed by atoms with van der Waals surface area (Å²) in [6.07, 6.45) is 0.680. The van der Waals surface area contributed by atoms with Crippen LogP contribution in [0.25, 0.3) is 0 Å². The molecule has 5 nitrogen and oxygen atoms in total. The molecule has 0 saturated carbocycles. The molecule has 0 aliphatic rings. The molecule has 0 fully saturated rings. The maximum Gasteiger partial charge on any atom is 1.00 e. The van der Waals surface area contributed by atoms with Crippen LogP contribution in [0.1, 0.15) is 42.0 Å². The summed E-state index contributed by atoms with van der Waals surface area (Å²) in [4.78, 5) is 11.0. The second-order valence-corrected chi connectivity index (χ2v) is 6.75. The molecule has 1 unspecified atom stereocenters. The Kier molecular flexibility index (Phi) is 9.51. The van der Waals surface area contributed by atoms with Crippen molar-refractivity contribution in [1.82, 2.24) is 10.3 Å². The second kappa shape index (κ2) is 11.9. The van der Waals surface area contributed by atoms with E-state index < -0.39 is 0 Å². The molecule has 3 aromatic carbocycles. The van der Waals surface area contributed by atoms with Gasteiger partial charge in [-0.25, -0.2) is 5.01 Å². The summed E-state index contributed by atoms with van der Waals surface area (Å²) in [5.74, 6) is 0.118. The van der Waals surface area contributed by atoms with Crippen molar-refractivity contribution in [2.24, 2.45) is 5.29 Å². The number of nitrogens with zero attached hydrogens (tertiary/aromatic N) is 3. The SMILES string of the molecule is CC(c1ccccc1)N(CCC(c1ccccc1)c1ccccc1)N([O-])N=O.[Na+]. The third-order valence-electron chi connectivity index (χ3n) is 5.07. The van der Waals surface area contributed by atoms with E-state index in [9.17, 15) is 10.1 Å². The number of hydrogen-bond acceptors (Lipinski definition) is 4. The maximum absolute atomic E-state index is 12.2. The van der Waals surface area contributed by atoms with Gasteiger partial charge in [-0.2, -0.15) is 0 Å². The maximum atomic E-state index is 12.2. The Morgan fingerprint density at radius 2 is 1.21 bits per heavy atom. The van der Waals surface area contributed by atoms with E-state index in [1.54, 1.807) is 0 Å². The Morgan fingerprint density at radius 3 is 1.62 bits per heavy atom. The summed E-state index contributed by atoms with van der Waals surface area (Å²) in [6, 6.07) is 29.8. The molecule has 0 heterocycles. The minimum atomic E-state index is -0.261. The molecular weight excluding hydrogens is 373 g/mol. The first-order chi connectivity index (χ1) is 13.7. The Bertz CT molecular complexity index is 810. The first-order valence-electron chi connectivity index (χ1n) is 9.42. The van der Waals surface area contributed by atoms with E-state index in [4.69, 9.17) is 0 Å². The van der Waals surface area contributed by atoms with E-state index in [2.05, 4.69) is 29.6 Å². The number of benzene rings is 3. The van der Waals surface area contributed by atoms with Gasteiger partial charge in [-0.15, -0.1) is 4.91 Å². The summed E-state index contributed by atoms with van der Waals surface area (Å²) < 4.78 is 0. The number of hydrazine groups is 1. The minimum Gasteiger partial charge on any atom is -0.724 e. The fraction of sp³-hybridized carbons (Fsp3) is 0.217. The molecule has 0 aromatic heterocycles. The second-order valence-electron chi connectivity index (χ2n) is 6.75. The smallest absolute Gasteiger partial charge is 0.724 e. The monoisotopic (exact) mass is 397 g/mol. The van der Waals surface area contributed by atoms with Crippen LogP contribution in [0.15, 0.2) is 96.3 Å². The zero-order chi connectivity index (χ0) is 19.8. The predicted molar refractivity (Wildman–Crippen MR) is 112 cm³/mol. The van der Waals surface area contributed by atoms with Crippen LogP contribution >= 0.6 is 0 Å². The van der Waals surface area contributed by atoms with Crippen molar-refractivity contribution < 1.29 is 29.6 Å². The van der Waals surface area contributed by atoms with Crippen LogP contribution in [0, 0.1) is 10.1 Å².